The van der Waals surface area contributed by atoms with Gasteiger partial charge in [0.25, 0.3) is 11.6 Å². The van der Waals surface area contributed by atoms with Crippen LogP contribution in [0.5, 0.6) is 11.5 Å². The van der Waals surface area contributed by atoms with Crippen LogP contribution in [0.15, 0.2) is 71.5 Å². The van der Waals surface area contributed by atoms with Crippen LogP contribution in [0.4, 0.5) is 5.69 Å². The number of pyridine rings is 1. The van der Waals surface area contributed by atoms with Crippen LogP contribution in [0.3, 0.4) is 0 Å². The van der Waals surface area contributed by atoms with Crippen molar-refractivity contribution >= 4 is 22.7 Å². The number of rotatable bonds is 7. The number of hydrogen-bond donors (Lipinski definition) is 1. The lowest BCUT2D eigenvalue weighted by Gasteiger charge is -2.10. The van der Waals surface area contributed by atoms with E-state index in [4.69, 9.17) is 19.1 Å². The molecule has 176 valence electrons. The van der Waals surface area contributed by atoms with Gasteiger partial charge >= 0.3 is 0 Å². The minimum Gasteiger partial charge on any atom is -0.493 e. The standard InChI is InChI=1S/C26H23N5O4/c1-16-20-12-19(13-27-26(20)35-30-16)28-25(32)21-15-31(14-17-7-5-4-6-8-17)29-24(21)18-9-10-22(33-2)23(11-18)34-3/h4-13,15H,14H2,1-3H3,(H,28,32). The number of anilines is 1. The average Bonchev–Trinajstić information content (AvgIpc) is 3.48. The van der Waals surface area contributed by atoms with Gasteiger partial charge in [-0.3, -0.25) is 9.48 Å². The number of fused-ring (bicyclic) bond motifs is 1. The fourth-order valence-corrected chi connectivity index (χ4v) is 3.85. The molecule has 0 aliphatic carbocycles. The molecule has 35 heavy (non-hydrogen) atoms. The molecule has 9 nitrogen and oxygen atoms in total. The van der Waals surface area contributed by atoms with E-state index < -0.39 is 0 Å². The number of ether oxygens (including phenoxy) is 2. The van der Waals surface area contributed by atoms with E-state index in [-0.39, 0.29) is 5.91 Å². The molecule has 0 atom stereocenters. The Bertz CT molecular complexity index is 1510. The Morgan fingerprint density at radius 2 is 1.86 bits per heavy atom. The lowest BCUT2D eigenvalue weighted by molar-refractivity contribution is 0.102. The highest BCUT2D eigenvalue weighted by atomic mass is 16.5. The highest BCUT2D eigenvalue weighted by Gasteiger charge is 2.20. The molecule has 2 aromatic carbocycles. The molecule has 0 unspecified atom stereocenters. The molecule has 1 N–H and O–H groups in total. The van der Waals surface area contributed by atoms with Crippen molar-refractivity contribution in [3.05, 3.63) is 83.8 Å². The molecule has 5 aromatic rings. The molecular weight excluding hydrogens is 446 g/mol. The number of aromatic nitrogens is 4. The van der Waals surface area contributed by atoms with E-state index in [0.29, 0.717) is 46.4 Å². The van der Waals surface area contributed by atoms with Gasteiger partial charge in [0, 0.05) is 11.8 Å². The number of amides is 1. The van der Waals surface area contributed by atoms with Gasteiger partial charge in [0.05, 0.1) is 49.3 Å². The molecule has 0 saturated carbocycles. The predicted molar refractivity (Wildman–Crippen MR) is 131 cm³/mol. The summed E-state index contributed by atoms with van der Waals surface area (Å²) in [6.45, 7) is 2.34. The summed E-state index contributed by atoms with van der Waals surface area (Å²) in [5, 5.41) is 12.3. The van der Waals surface area contributed by atoms with E-state index in [1.807, 2.05) is 43.3 Å². The summed E-state index contributed by atoms with van der Waals surface area (Å²) in [4.78, 5) is 17.7. The van der Waals surface area contributed by atoms with Crippen LogP contribution >= 0.6 is 0 Å². The van der Waals surface area contributed by atoms with E-state index in [2.05, 4.69) is 15.5 Å². The van der Waals surface area contributed by atoms with Crippen LogP contribution in [0.2, 0.25) is 0 Å². The Labute approximate surface area is 201 Å². The highest BCUT2D eigenvalue weighted by Crippen LogP contribution is 2.33. The average molecular weight is 470 g/mol. The summed E-state index contributed by atoms with van der Waals surface area (Å²) in [5.74, 6) is 0.824. The molecule has 0 saturated heterocycles. The maximum Gasteiger partial charge on any atom is 0.259 e. The van der Waals surface area contributed by atoms with Crippen LogP contribution < -0.4 is 14.8 Å². The van der Waals surface area contributed by atoms with Crippen molar-refractivity contribution < 1.29 is 18.8 Å². The summed E-state index contributed by atoms with van der Waals surface area (Å²) in [5.41, 5.74) is 4.38. The summed E-state index contributed by atoms with van der Waals surface area (Å²) >= 11 is 0. The molecule has 9 heteroatoms. The van der Waals surface area contributed by atoms with Crippen molar-refractivity contribution in [1.29, 1.82) is 0 Å². The number of nitrogens with zero attached hydrogens (tertiary/aromatic N) is 4. The Morgan fingerprint density at radius 3 is 2.63 bits per heavy atom. The second-order valence-corrected chi connectivity index (χ2v) is 7.94. The summed E-state index contributed by atoms with van der Waals surface area (Å²) in [7, 11) is 3.15. The van der Waals surface area contributed by atoms with E-state index in [9.17, 15) is 4.79 Å². The predicted octanol–water partition coefficient (Wildman–Crippen LogP) is 4.71. The zero-order valence-corrected chi connectivity index (χ0v) is 19.5. The van der Waals surface area contributed by atoms with Gasteiger partial charge in [-0.05, 0) is 36.8 Å². The van der Waals surface area contributed by atoms with Crippen molar-refractivity contribution in [3.63, 3.8) is 0 Å². The first-order valence-electron chi connectivity index (χ1n) is 10.9. The maximum absolute atomic E-state index is 13.4. The van der Waals surface area contributed by atoms with Crippen LogP contribution in [-0.2, 0) is 6.54 Å². The van der Waals surface area contributed by atoms with Gasteiger partial charge in [-0.2, -0.15) is 5.10 Å². The zero-order valence-electron chi connectivity index (χ0n) is 19.5. The molecule has 0 aliphatic heterocycles. The van der Waals surface area contributed by atoms with E-state index in [1.54, 1.807) is 43.3 Å². The summed E-state index contributed by atoms with van der Waals surface area (Å²) in [6, 6.07) is 17.2. The summed E-state index contributed by atoms with van der Waals surface area (Å²) < 4.78 is 17.7. The third-order valence-electron chi connectivity index (χ3n) is 5.62. The first kappa shape index (κ1) is 22.1. The fourth-order valence-electron chi connectivity index (χ4n) is 3.85. The van der Waals surface area contributed by atoms with Crippen molar-refractivity contribution in [1.82, 2.24) is 19.9 Å². The molecule has 5 rings (SSSR count). The van der Waals surface area contributed by atoms with Crippen molar-refractivity contribution in [3.8, 4) is 22.8 Å². The van der Waals surface area contributed by atoms with Crippen LogP contribution in [0.25, 0.3) is 22.4 Å². The molecule has 0 aliphatic rings. The fraction of sp³-hybridized carbons (Fsp3) is 0.154. The van der Waals surface area contributed by atoms with Gasteiger partial charge in [0.2, 0.25) is 0 Å². The van der Waals surface area contributed by atoms with Gasteiger partial charge < -0.3 is 19.3 Å². The number of carbonyl (C=O) groups is 1. The van der Waals surface area contributed by atoms with Crippen molar-refractivity contribution in [2.75, 3.05) is 19.5 Å². The molecule has 0 spiro atoms. The van der Waals surface area contributed by atoms with Crippen molar-refractivity contribution in [2.45, 2.75) is 13.5 Å². The largest absolute Gasteiger partial charge is 0.493 e. The van der Waals surface area contributed by atoms with Gasteiger partial charge in [0.15, 0.2) is 11.5 Å². The Hall–Kier alpha value is -4.66. The Morgan fingerprint density at radius 1 is 1.06 bits per heavy atom. The Kier molecular flexibility index (Phi) is 5.88. The number of aryl methyl sites for hydroxylation is 1. The van der Waals surface area contributed by atoms with Crippen LogP contribution in [0, 0.1) is 6.92 Å². The number of carbonyl (C=O) groups excluding carboxylic acids is 1. The third kappa shape index (κ3) is 4.43. The summed E-state index contributed by atoms with van der Waals surface area (Å²) in [6.07, 6.45) is 3.28. The number of nitrogens with one attached hydrogen (secondary N) is 1. The Balaban J connectivity index is 1.53. The first-order chi connectivity index (χ1) is 17.1. The van der Waals surface area contributed by atoms with Gasteiger partial charge in [-0.1, -0.05) is 35.5 Å². The molecule has 3 aromatic heterocycles. The second-order valence-electron chi connectivity index (χ2n) is 7.94. The molecule has 0 radical (unpaired) electrons. The minimum atomic E-state index is -0.315. The normalized spacial score (nSPS) is 10.9. The van der Waals surface area contributed by atoms with Gasteiger partial charge in [0.1, 0.15) is 5.69 Å². The number of methoxy groups -OCH3 is 2. The number of benzene rings is 2. The smallest absolute Gasteiger partial charge is 0.259 e. The van der Waals surface area contributed by atoms with E-state index in [1.165, 1.54) is 6.20 Å². The number of hydrogen-bond acceptors (Lipinski definition) is 7. The topological polar surface area (TPSA) is 104 Å². The quantitative estimate of drug-likeness (QED) is 0.368. The monoisotopic (exact) mass is 469 g/mol. The molecule has 3 heterocycles. The molecule has 1 amide bonds. The second kappa shape index (κ2) is 9.30. The maximum atomic E-state index is 13.4. The molecular formula is C26H23N5O4. The lowest BCUT2D eigenvalue weighted by atomic mass is 10.1. The molecule has 0 fully saturated rings. The SMILES string of the molecule is COc1ccc(-c2nn(Cc3ccccc3)cc2C(=O)Nc2cnc3onc(C)c3c2)cc1OC. The van der Waals surface area contributed by atoms with Gasteiger partial charge in [-0.15, -0.1) is 0 Å². The van der Waals surface area contributed by atoms with E-state index in [0.717, 1.165) is 16.5 Å². The minimum absolute atomic E-state index is 0.315. The highest BCUT2D eigenvalue weighted by molar-refractivity contribution is 6.08. The van der Waals surface area contributed by atoms with Crippen LogP contribution in [0.1, 0.15) is 21.6 Å². The third-order valence-corrected chi connectivity index (χ3v) is 5.62. The first-order valence-corrected chi connectivity index (χ1v) is 10.9. The van der Waals surface area contributed by atoms with Crippen molar-refractivity contribution in [2.24, 2.45) is 0 Å². The molecule has 0 bridgehead atoms. The zero-order chi connectivity index (χ0) is 24.4. The lowest BCUT2D eigenvalue weighted by Crippen LogP contribution is -2.12. The van der Waals surface area contributed by atoms with Crippen LogP contribution in [-0.4, -0.2) is 40.0 Å². The van der Waals surface area contributed by atoms with Gasteiger partial charge in [-0.25, -0.2) is 4.98 Å². The van der Waals surface area contributed by atoms with E-state index >= 15 is 0 Å².